The molecule has 0 spiro atoms. The monoisotopic (exact) mass is 1010 g/mol. The predicted molar refractivity (Wildman–Crippen MR) is 278 cm³/mol. The van der Waals surface area contributed by atoms with E-state index in [1.54, 1.807) is 34.1 Å². The van der Waals surface area contributed by atoms with Gasteiger partial charge in [0.25, 0.3) is 17.4 Å². The molecule has 73 heavy (non-hydrogen) atoms. The number of piperazine rings is 2. The molecule has 4 aliphatic heterocycles. The molecule has 17 heteroatoms. The highest BCUT2D eigenvalue weighted by molar-refractivity contribution is 5.98. The molecule has 3 aromatic carbocycles. The number of aromatic amines is 1. The Bertz CT molecular complexity index is 2600. The van der Waals surface area contributed by atoms with Gasteiger partial charge in [0, 0.05) is 84.7 Å². The lowest BCUT2D eigenvalue weighted by molar-refractivity contribution is -0.137. The van der Waals surface area contributed by atoms with E-state index in [0.717, 1.165) is 90.0 Å². The highest BCUT2D eigenvalue weighted by Crippen LogP contribution is 2.31. The van der Waals surface area contributed by atoms with E-state index in [-0.39, 0.29) is 41.8 Å². The van der Waals surface area contributed by atoms with Crippen molar-refractivity contribution in [1.82, 2.24) is 45.3 Å². The van der Waals surface area contributed by atoms with E-state index in [2.05, 4.69) is 44.5 Å². The summed E-state index contributed by atoms with van der Waals surface area (Å²) in [5.74, 6) is -3.15. The molecule has 2 unspecified atom stereocenters. The molecule has 4 saturated heterocycles. The quantitative estimate of drug-likeness (QED) is 0.129. The summed E-state index contributed by atoms with van der Waals surface area (Å²) in [6.07, 6.45) is 11.1. The van der Waals surface area contributed by atoms with Crippen LogP contribution in [0.25, 0.3) is 10.8 Å². The van der Waals surface area contributed by atoms with Crippen LogP contribution in [0.5, 0.6) is 0 Å². The van der Waals surface area contributed by atoms with Gasteiger partial charge >= 0.3 is 0 Å². The fraction of sp³-hybridized carbons (Fsp3) is 0.571. The van der Waals surface area contributed by atoms with Crippen LogP contribution in [0, 0.1) is 29.3 Å². The highest BCUT2D eigenvalue weighted by Gasteiger charge is 2.37. The fourth-order valence-electron chi connectivity index (χ4n) is 11.2. The number of aromatic nitrogens is 2. The first kappa shape index (κ1) is 53.6. The third-order valence-electron chi connectivity index (χ3n) is 15.8. The number of nitrogens with zero attached hydrogens (tertiary/aromatic N) is 6. The molecule has 2 atom stereocenters. The van der Waals surface area contributed by atoms with Gasteiger partial charge in [-0.05, 0) is 111 Å². The topological polar surface area (TPSA) is 154 Å². The van der Waals surface area contributed by atoms with E-state index in [1.807, 2.05) is 17.0 Å². The summed E-state index contributed by atoms with van der Waals surface area (Å²) in [4.78, 5) is 77.1. The molecule has 3 N–H and O–H groups in total. The number of hydrogen-bond acceptors (Lipinski definition) is 9. The van der Waals surface area contributed by atoms with E-state index >= 15 is 8.78 Å². The van der Waals surface area contributed by atoms with Crippen LogP contribution in [0.15, 0.2) is 59.4 Å². The fourth-order valence-corrected chi connectivity index (χ4v) is 11.2. The number of H-pyrrole nitrogens is 1. The number of benzene rings is 3. The molecule has 4 amide bonds. The predicted octanol–water partition coefficient (Wildman–Crippen LogP) is 6.97. The Labute approximate surface area is 428 Å². The van der Waals surface area contributed by atoms with Gasteiger partial charge in [0.1, 0.15) is 23.5 Å². The molecule has 4 aromatic rings. The molecule has 5 aliphatic rings. The Morgan fingerprint density at radius 3 is 2.08 bits per heavy atom. The summed E-state index contributed by atoms with van der Waals surface area (Å²) < 4.78 is 45.2. The Morgan fingerprint density at radius 1 is 0.712 bits per heavy atom. The molecule has 9 rings (SSSR count). The van der Waals surface area contributed by atoms with Crippen LogP contribution < -0.4 is 16.2 Å². The van der Waals surface area contributed by atoms with Gasteiger partial charge in [0.15, 0.2) is 0 Å². The number of unbranched alkanes of at least 4 members (excludes halogenated alkanes) is 1. The Kier molecular flexibility index (Phi) is 18.8. The lowest BCUT2D eigenvalue weighted by Gasteiger charge is -2.41. The second-order valence-corrected chi connectivity index (χ2v) is 20.8. The normalized spacial score (nSPS) is 20.1. The Morgan fingerprint density at radius 2 is 1.40 bits per heavy atom. The zero-order valence-electron chi connectivity index (χ0n) is 42.7. The van der Waals surface area contributed by atoms with Gasteiger partial charge in [-0.25, -0.2) is 18.3 Å². The third kappa shape index (κ3) is 13.6. The van der Waals surface area contributed by atoms with Crippen molar-refractivity contribution >= 4 is 34.4 Å². The number of piperidine rings is 2. The van der Waals surface area contributed by atoms with Crippen molar-refractivity contribution in [3.05, 3.63) is 110 Å². The molecular weight excluding hydrogens is 936 g/mol. The van der Waals surface area contributed by atoms with Gasteiger partial charge in [-0.1, -0.05) is 70.2 Å². The number of nitrogens with one attached hydrogen (secondary N) is 3. The van der Waals surface area contributed by atoms with E-state index in [9.17, 15) is 28.4 Å². The minimum atomic E-state index is -0.921. The number of fused-ring (bicyclic) bond motifs is 1. The lowest BCUT2D eigenvalue weighted by atomic mass is 9.83. The third-order valence-corrected chi connectivity index (χ3v) is 15.8. The standard InChI is InChI=1S/C52H64F3N9O5.C4H10.H2/c53-43-13-12-35(28-46-38-10-4-5-11-39(38)50(67)59-58-46)27-42(43)51(68)63-25-23-62(24-26-63)47(65)33-60-17-14-34(15-18-60)32-61-19-21-64(22-20-61)52(69)48(36-7-2-1-3-8-36)57-49(66)41-29-40(44(54)30-45(41)55)37-9-6-16-56-31-37;1-3-4-2;/h4-5,10-13,27,29-30,34,36-37,48,56H,1-3,6-9,14-26,28,31-33H2,(H,57,66)(H,59,67);3-4H2,1-2H3;1H. The van der Waals surface area contributed by atoms with Gasteiger partial charge in [-0.2, -0.15) is 5.10 Å². The van der Waals surface area contributed by atoms with Crippen LogP contribution in [-0.2, 0) is 16.0 Å². The zero-order chi connectivity index (χ0) is 51.4. The Hall–Kier alpha value is -5.65. The smallest absolute Gasteiger partial charge is 0.272 e. The summed E-state index contributed by atoms with van der Waals surface area (Å²) in [6, 6.07) is 13.0. The van der Waals surface area contributed by atoms with Crippen LogP contribution in [0.3, 0.4) is 0 Å². The van der Waals surface area contributed by atoms with E-state index in [1.165, 1.54) is 25.0 Å². The summed E-state index contributed by atoms with van der Waals surface area (Å²) in [5.41, 5.74) is 1.09. The first-order valence-electron chi connectivity index (χ1n) is 27.0. The van der Waals surface area contributed by atoms with Crippen LogP contribution in [0.1, 0.15) is 129 Å². The molecule has 1 aliphatic carbocycles. The highest BCUT2D eigenvalue weighted by atomic mass is 19.1. The number of halogens is 3. The van der Waals surface area contributed by atoms with Crippen LogP contribution in [0.4, 0.5) is 13.2 Å². The first-order chi connectivity index (χ1) is 35.4. The molecule has 396 valence electrons. The van der Waals surface area contributed by atoms with Gasteiger partial charge in [-0.15, -0.1) is 0 Å². The van der Waals surface area contributed by atoms with E-state index in [4.69, 9.17) is 0 Å². The average Bonchev–Trinajstić information content (AvgIpc) is 3.42. The number of hydrogen-bond donors (Lipinski definition) is 3. The maximum atomic E-state index is 15.2. The zero-order valence-corrected chi connectivity index (χ0v) is 42.7. The molecule has 1 saturated carbocycles. The van der Waals surface area contributed by atoms with Gasteiger partial charge < -0.3 is 25.3 Å². The number of rotatable bonds is 13. The molecule has 0 radical (unpaired) electrons. The van der Waals surface area contributed by atoms with Gasteiger partial charge in [0.2, 0.25) is 11.8 Å². The summed E-state index contributed by atoms with van der Waals surface area (Å²) >= 11 is 0. The number of likely N-dealkylation sites (tertiary alicyclic amines) is 1. The van der Waals surface area contributed by atoms with Crippen molar-refractivity contribution in [2.75, 3.05) is 91.6 Å². The van der Waals surface area contributed by atoms with Crippen molar-refractivity contribution in [3.63, 3.8) is 0 Å². The van der Waals surface area contributed by atoms with Crippen LogP contribution >= 0.6 is 0 Å². The lowest BCUT2D eigenvalue weighted by Crippen LogP contribution is -2.57. The van der Waals surface area contributed by atoms with Crippen molar-refractivity contribution in [3.8, 4) is 0 Å². The summed E-state index contributed by atoms with van der Waals surface area (Å²) in [7, 11) is 0. The van der Waals surface area contributed by atoms with Crippen molar-refractivity contribution < 1.29 is 33.8 Å². The second kappa shape index (κ2) is 25.5. The summed E-state index contributed by atoms with van der Waals surface area (Å²) in [6.45, 7) is 12.4. The van der Waals surface area contributed by atoms with E-state index in [0.29, 0.717) is 105 Å². The molecular formula is C56H76F3N9O5. The van der Waals surface area contributed by atoms with Gasteiger partial charge in [-0.3, -0.25) is 33.8 Å². The number of carbonyl (C=O) groups excluding carboxylic acids is 4. The van der Waals surface area contributed by atoms with Crippen LogP contribution in [-0.4, -0.2) is 156 Å². The number of carbonyl (C=O) groups is 4. The minimum absolute atomic E-state index is 0. The molecule has 5 fully saturated rings. The second-order valence-electron chi connectivity index (χ2n) is 20.8. The summed E-state index contributed by atoms with van der Waals surface area (Å²) in [5, 5.41) is 14.2. The Balaban J connectivity index is 0.00000154. The molecule has 5 heterocycles. The average molecular weight is 1010 g/mol. The number of amides is 4. The van der Waals surface area contributed by atoms with Crippen molar-refractivity contribution in [2.24, 2.45) is 11.8 Å². The first-order valence-corrected chi connectivity index (χ1v) is 27.0. The van der Waals surface area contributed by atoms with Crippen molar-refractivity contribution in [1.29, 1.82) is 0 Å². The molecule has 0 bridgehead atoms. The maximum Gasteiger partial charge on any atom is 0.272 e. The largest absolute Gasteiger partial charge is 0.340 e. The van der Waals surface area contributed by atoms with Crippen molar-refractivity contribution in [2.45, 2.75) is 103 Å². The van der Waals surface area contributed by atoms with Gasteiger partial charge in [0.05, 0.1) is 28.8 Å². The van der Waals surface area contributed by atoms with E-state index < -0.39 is 35.3 Å². The SMILES string of the molecule is CCCC.O=C(NC(C(=O)N1CCN(CC2CCN(CC(=O)N3CCN(C(=O)c4cc(Cc5n[nH]c(=O)c6ccccc56)ccc4F)CC3)CC2)CC1)C1CCCCC1)c1cc(C2CCCNC2)c(F)cc1F.[HH]. The maximum absolute atomic E-state index is 15.2. The molecule has 1 aromatic heterocycles. The molecule has 14 nitrogen and oxygen atoms in total. The van der Waals surface area contributed by atoms with Crippen LogP contribution in [0.2, 0.25) is 0 Å². The minimum Gasteiger partial charge on any atom is -0.340 e.